The fourth-order valence-corrected chi connectivity index (χ4v) is 4.27. The van der Waals surface area contributed by atoms with Crippen LogP contribution in [0.2, 0.25) is 0 Å². The van der Waals surface area contributed by atoms with Crippen LogP contribution in [0, 0.1) is 6.92 Å². The molecule has 0 aliphatic carbocycles. The lowest BCUT2D eigenvalue weighted by Crippen LogP contribution is -2.48. The predicted molar refractivity (Wildman–Crippen MR) is 80.2 cm³/mol. The van der Waals surface area contributed by atoms with Crippen molar-refractivity contribution in [1.82, 2.24) is 9.21 Å². The Labute approximate surface area is 123 Å². The van der Waals surface area contributed by atoms with E-state index in [4.69, 9.17) is 0 Å². The van der Waals surface area contributed by atoms with Crippen LogP contribution in [0.15, 0.2) is 29.2 Å². The molecule has 0 radical (unpaired) electrons. The zero-order valence-electron chi connectivity index (χ0n) is 11.0. The Morgan fingerprint density at radius 3 is 2.47 bits per heavy atom. The van der Waals surface area contributed by atoms with E-state index < -0.39 is 10.0 Å². The first-order chi connectivity index (χ1) is 9.04. The molecule has 106 valence electrons. The number of nitrogens with zero attached hydrogens (tertiary/aromatic N) is 2. The molecule has 1 heterocycles. The van der Waals surface area contributed by atoms with Gasteiger partial charge in [-0.3, -0.25) is 4.90 Å². The minimum absolute atomic E-state index is 0.404. The van der Waals surface area contributed by atoms with Gasteiger partial charge in [0, 0.05) is 38.1 Å². The number of sulfonamides is 1. The Balaban J connectivity index is 2.10. The van der Waals surface area contributed by atoms with E-state index in [0.717, 1.165) is 30.5 Å². The Hall–Kier alpha value is -0.430. The van der Waals surface area contributed by atoms with Crippen molar-refractivity contribution in [3.8, 4) is 0 Å². The third-order valence-electron chi connectivity index (χ3n) is 3.36. The van der Waals surface area contributed by atoms with E-state index in [1.165, 1.54) is 0 Å². The maximum atomic E-state index is 12.5. The highest BCUT2D eigenvalue weighted by atomic mass is 79.9. The first-order valence-electron chi connectivity index (χ1n) is 6.39. The summed E-state index contributed by atoms with van der Waals surface area (Å²) in [4.78, 5) is 2.68. The van der Waals surface area contributed by atoms with Crippen molar-refractivity contribution in [3.05, 3.63) is 29.8 Å². The molecule has 0 atom stereocenters. The Kier molecular flexibility index (Phi) is 5.00. The maximum absolute atomic E-state index is 12.5. The summed E-state index contributed by atoms with van der Waals surface area (Å²) >= 11 is 3.41. The molecule has 0 N–H and O–H groups in total. The summed E-state index contributed by atoms with van der Waals surface area (Å²) in [7, 11) is -3.33. The van der Waals surface area contributed by atoms with Gasteiger partial charge in [-0.1, -0.05) is 28.1 Å². The van der Waals surface area contributed by atoms with Gasteiger partial charge >= 0.3 is 0 Å². The standard InChI is InChI=1S/C13H19BrN2O2S/c1-12-3-2-4-13(11-12)19(17,18)16-9-7-15(6-5-14)8-10-16/h2-4,11H,5-10H2,1H3. The van der Waals surface area contributed by atoms with Crippen LogP contribution in [0.25, 0.3) is 0 Å². The first kappa shape index (κ1) is 15.0. The highest BCUT2D eigenvalue weighted by Gasteiger charge is 2.28. The van der Waals surface area contributed by atoms with E-state index in [2.05, 4.69) is 20.8 Å². The Morgan fingerprint density at radius 1 is 1.21 bits per heavy atom. The summed E-state index contributed by atoms with van der Waals surface area (Å²) in [6.07, 6.45) is 0. The summed E-state index contributed by atoms with van der Waals surface area (Å²) in [5, 5.41) is 0.928. The third-order valence-corrected chi connectivity index (χ3v) is 5.61. The summed E-state index contributed by atoms with van der Waals surface area (Å²) in [5.74, 6) is 0. The molecule has 6 heteroatoms. The normalized spacial score (nSPS) is 18.6. The van der Waals surface area contributed by atoms with E-state index in [1.54, 1.807) is 22.5 Å². The average Bonchev–Trinajstić information content (AvgIpc) is 2.40. The zero-order chi connectivity index (χ0) is 13.9. The molecule has 0 spiro atoms. The highest BCUT2D eigenvalue weighted by molar-refractivity contribution is 9.09. The van der Waals surface area contributed by atoms with Crippen molar-refractivity contribution in [2.75, 3.05) is 38.1 Å². The van der Waals surface area contributed by atoms with Crippen LogP contribution in [0.5, 0.6) is 0 Å². The van der Waals surface area contributed by atoms with Crippen LogP contribution in [0.1, 0.15) is 5.56 Å². The van der Waals surface area contributed by atoms with E-state index in [9.17, 15) is 8.42 Å². The molecule has 0 saturated carbocycles. The maximum Gasteiger partial charge on any atom is 0.243 e. The second kappa shape index (κ2) is 6.35. The summed E-state index contributed by atoms with van der Waals surface area (Å²) < 4.78 is 26.6. The molecule has 2 rings (SSSR count). The van der Waals surface area contributed by atoms with Gasteiger partial charge in [0.25, 0.3) is 0 Å². The predicted octanol–water partition coefficient (Wildman–Crippen LogP) is 1.70. The topological polar surface area (TPSA) is 40.6 Å². The minimum atomic E-state index is -3.33. The molecular formula is C13H19BrN2O2S. The molecule has 19 heavy (non-hydrogen) atoms. The van der Waals surface area contributed by atoms with Gasteiger partial charge in [0.1, 0.15) is 0 Å². The Morgan fingerprint density at radius 2 is 1.89 bits per heavy atom. The second-order valence-electron chi connectivity index (χ2n) is 4.75. The molecule has 1 fully saturated rings. The number of halogens is 1. The number of aryl methyl sites for hydroxylation is 1. The minimum Gasteiger partial charge on any atom is -0.300 e. The van der Waals surface area contributed by atoms with Gasteiger partial charge in [-0.05, 0) is 24.6 Å². The smallest absolute Gasteiger partial charge is 0.243 e. The molecule has 0 bridgehead atoms. The largest absolute Gasteiger partial charge is 0.300 e. The number of piperazine rings is 1. The van der Waals surface area contributed by atoms with Crippen LogP contribution < -0.4 is 0 Å². The first-order valence-corrected chi connectivity index (χ1v) is 8.95. The molecule has 0 amide bonds. The summed E-state index contributed by atoms with van der Waals surface area (Å²) in [5.41, 5.74) is 0.971. The van der Waals surface area contributed by atoms with E-state index in [1.807, 2.05) is 13.0 Å². The highest BCUT2D eigenvalue weighted by Crippen LogP contribution is 2.18. The number of alkyl halides is 1. The molecule has 0 aromatic heterocycles. The number of rotatable bonds is 4. The molecule has 1 aromatic rings. The van der Waals surface area contributed by atoms with Crippen LogP contribution in [-0.4, -0.2) is 55.7 Å². The van der Waals surface area contributed by atoms with E-state index >= 15 is 0 Å². The molecule has 1 saturated heterocycles. The van der Waals surface area contributed by atoms with Crippen LogP contribution in [-0.2, 0) is 10.0 Å². The third kappa shape index (κ3) is 3.56. The van der Waals surface area contributed by atoms with Crippen molar-refractivity contribution in [3.63, 3.8) is 0 Å². The SMILES string of the molecule is Cc1cccc(S(=O)(=O)N2CCN(CCBr)CC2)c1. The van der Waals surface area contributed by atoms with Crippen molar-refractivity contribution >= 4 is 26.0 Å². The molecular weight excluding hydrogens is 328 g/mol. The number of hydrogen-bond donors (Lipinski definition) is 0. The Bertz CT molecular complexity index is 525. The molecule has 4 nitrogen and oxygen atoms in total. The number of benzene rings is 1. The fraction of sp³-hybridized carbons (Fsp3) is 0.538. The molecule has 1 aliphatic rings. The van der Waals surface area contributed by atoms with Gasteiger partial charge in [0.15, 0.2) is 0 Å². The van der Waals surface area contributed by atoms with E-state index in [-0.39, 0.29) is 0 Å². The van der Waals surface area contributed by atoms with Crippen molar-refractivity contribution in [1.29, 1.82) is 0 Å². The van der Waals surface area contributed by atoms with Gasteiger partial charge in [0.05, 0.1) is 4.90 Å². The van der Waals surface area contributed by atoms with Crippen LogP contribution in [0.3, 0.4) is 0 Å². The quantitative estimate of drug-likeness (QED) is 0.779. The van der Waals surface area contributed by atoms with Crippen molar-refractivity contribution < 1.29 is 8.42 Å². The van der Waals surface area contributed by atoms with Gasteiger partial charge in [-0.15, -0.1) is 0 Å². The van der Waals surface area contributed by atoms with Crippen molar-refractivity contribution in [2.24, 2.45) is 0 Å². The monoisotopic (exact) mass is 346 g/mol. The van der Waals surface area contributed by atoms with Crippen molar-refractivity contribution in [2.45, 2.75) is 11.8 Å². The number of hydrogen-bond acceptors (Lipinski definition) is 3. The second-order valence-corrected chi connectivity index (χ2v) is 7.48. The van der Waals surface area contributed by atoms with Crippen LogP contribution >= 0.6 is 15.9 Å². The van der Waals surface area contributed by atoms with E-state index in [0.29, 0.717) is 18.0 Å². The lowest BCUT2D eigenvalue weighted by molar-refractivity contribution is 0.198. The lowest BCUT2D eigenvalue weighted by Gasteiger charge is -2.33. The zero-order valence-corrected chi connectivity index (χ0v) is 13.5. The summed E-state index contributed by atoms with van der Waals surface area (Å²) in [6.45, 7) is 5.63. The fourth-order valence-electron chi connectivity index (χ4n) is 2.24. The average molecular weight is 347 g/mol. The van der Waals surface area contributed by atoms with Gasteiger partial charge in [-0.2, -0.15) is 4.31 Å². The van der Waals surface area contributed by atoms with Crippen LogP contribution in [0.4, 0.5) is 0 Å². The molecule has 1 aromatic carbocycles. The molecule has 1 aliphatic heterocycles. The van der Waals surface area contributed by atoms with Gasteiger partial charge in [-0.25, -0.2) is 8.42 Å². The lowest BCUT2D eigenvalue weighted by atomic mass is 10.2. The van der Waals surface area contributed by atoms with Gasteiger partial charge in [0.2, 0.25) is 10.0 Å². The summed E-state index contributed by atoms with van der Waals surface area (Å²) in [6, 6.07) is 7.11. The molecule has 0 unspecified atom stereocenters. The van der Waals surface area contributed by atoms with Gasteiger partial charge < -0.3 is 0 Å².